The number of para-hydroxylation sites is 1. The molecule has 0 spiro atoms. The van der Waals surface area contributed by atoms with Crippen LogP contribution < -0.4 is 4.74 Å². The third-order valence-corrected chi connectivity index (χ3v) is 3.13. The molecule has 1 aliphatic rings. The molecule has 0 aliphatic carbocycles. The third kappa shape index (κ3) is 1.79. The van der Waals surface area contributed by atoms with Gasteiger partial charge in [0.05, 0.1) is 19.3 Å². The van der Waals surface area contributed by atoms with Gasteiger partial charge in [0.15, 0.2) is 5.78 Å². The van der Waals surface area contributed by atoms with Gasteiger partial charge in [-0.3, -0.25) is 9.59 Å². The number of hydrogen-bond donors (Lipinski definition) is 0. The number of esters is 1. The molecule has 4 heteroatoms. The predicted molar refractivity (Wildman–Crippen MR) is 61.0 cm³/mol. The van der Waals surface area contributed by atoms with Crippen molar-refractivity contribution in [1.82, 2.24) is 0 Å². The average Bonchev–Trinajstić information content (AvgIpc) is 2.48. The maximum atomic E-state index is 12.4. The molecule has 4 nitrogen and oxygen atoms in total. The maximum absolute atomic E-state index is 12.4. The van der Waals surface area contributed by atoms with Crippen LogP contribution in [-0.2, 0) is 9.53 Å². The van der Waals surface area contributed by atoms with Gasteiger partial charge in [-0.2, -0.15) is 0 Å². The number of methoxy groups -OCH3 is 1. The molecule has 1 heterocycles. The van der Waals surface area contributed by atoms with E-state index in [1.165, 1.54) is 7.11 Å². The molecule has 0 amide bonds. The quantitative estimate of drug-likeness (QED) is 0.549. The van der Waals surface area contributed by atoms with Gasteiger partial charge >= 0.3 is 5.97 Å². The van der Waals surface area contributed by atoms with Crippen LogP contribution in [0.15, 0.2) is 24.3 Å². The molecule has 1 aromatic rings. The second-order valence-electron chi connectivity index (χ2n) is 4.25. The standard InChI is InChI=1S/C13H14O4/c1-13(12(15)16-2)7-8-17-10-6-4-3-5-9(10)11(13)14/h3-6H,7-8H2,1-2H3. The number of carbonyl (C=O) groups excluding carboxylic acids is 2. The van der Waals surface area contributed by atoms with Crippen LogP contribution in [0.2, 0.25) is 0 Å². The maximum Gasteiger partial charge on any atom is 0.319 e. The molecular weight excluding hydrogens is 220 g/mol. The summed E-state index contributed by atoms with van der Waals surface area (Å²) in [5.74, 6) is -0.217. The van der Waals surface area contributed by atoms with E-state index >= 15 is 0 Å². The lowest BCUT2D eigenvalue weighted by molar-refractivity contribution is -0.149. The SMILES string of the molecule is COC(=O)C1(C)CCOc2ccccc2C1=O. The Morgan fingerprint density at radius 2 is 2.12 bits per heavy atom. The molecule has 1 atom stereocenters. The number of Topliss-reactive ketones (excluding diaryl/α,β-unsaturated/α-hetero) is 1. The van der Waals surface area contributed by atoms with Crippen molar-refractivity contribution in [2.75, 3.05) is 13.7 Å². The summed E-state index contributed by atoms with van der Waals surface area (Å²) in [6, 6.07) is 6.95. The van der Waals surface area contributed by atoms with Gasteiger partial charge in [0.2, 0.25) is 0 Å². The van der Waals surface area contributed by atoms with Crippen LogP contribution in [0.5, 0.6) is 5.75 Å². The highest BCUT2D eigenvalue weighted by atomic mass is 16.5. The minimum Gasteiger partial charge on any atom is -0.493 e. The fourth-order valence-corrected chi connectivity index (χ4v) is 1.98. The molecule has 0 radical (unpaired) electrons. The summed E-state index contributed by atoms with van der Waals surface area (Å²) in [7, 11) is 1.29. The van der Waals surface area contributed by atoms with E-state index in [-0.39, 0.29) is 5.78 Å². The number of benzene rings is 1. The summed E-state index contributed by atoms with van der Waals surface area (Å²) in [4.78, 5) is 24.1. The van der Waals surface area contributed by atoms with Gasteiger partial charge in [-0.05, 0) is 19.1 Å². The first-order valence-electron chi connectivity index (χ1n) is 5.44. The zero-order valence-electron chi connectivity index (χ0n) is 9.86. The molecule has 17 heavy (non-hydrogen) atoms. The average molecular weight is 234 g/mol. The molecule has 0 bridgehead atoms. The van der Waals surface area contributed by atoms with Crippen LogP contribution >= 0.6 is 0 Å². The Morgan fingerprint density at radius 3 is 2.82 bits per heavy atom. The van der Waals surface area contributed by atoms with E-state index < -0.39 is 11.4 Å². The molecule has 1 aliphatic heterocycles. The van der Waals surface area contributed by atoms with E-state index in [4.69, 9.17) is 9.47 Å². The summed E-state index contributed by atoms with van der Waals surface area (Å²) in [5, 5.41) is 0. The van der Waals surface area contributed by atoms with Gasteiger partial charge in [-0.1, -0.05) is 12.1 Å². The van der Waals surface area contributed by atoms with E-state index in [1.54, 1.807) is 31.2 Å². The number of carbonyl (C=O) groups is 2. The Morgan fingerprint density at radius 1 is 1.41 bits per heavy atom. The number of fused-ring (bicyclic) bond motifs is 1. The molecule has 90 valence electrons. The van der Waals surface area contributed by atoms with Crippen LogP contribution in [0.1, 0.15) is 23.7 Å². The highest BCUT2D eigenvalue weighted by molar-refractivity contribution is 6.13. The molecule has 0 saturated heterocycles. The van der Waals surface area contributed by atoms with Gasteiger partial charge in [-0.15, -0.1) is 0 Å². The molecule has 0 fully saturated rings. The Kier molecular flexibility index (Phi) is 2.88. The largest absolute Gasteiger partial charge is 0.493 e. The summed E-state index contributed by atoms with van der Waals surface area (Å²) >= 11 is 0. The molecule has 0 N–H and O–H groups in total. The molecular formula is C13H14O4. The first kappa shape index (κ1) is 11.6. The molecule has 2 rings (SSSR count). The predicted octanol–water partition coefficient (Wildman–Crippen LogP) is 1.83. The minimum absolute atomic E-state index is 0.238. The van der Waals surface area contributed by atoms with E-state index in [0.717, 1.165) is 0 Å². The zero-order chi connectivity index (χ0) is 12.5. The Labute approximate surface area is 99.5 Å². The lowest BCUT2D eigenvalue weighted by Gasteiger charge is -2.22. The van der Waals surface area contributed by atoms with E-state index in [1.807, 2.05) is 0 Å². The van der Waals surface area contributed by atoms with Crippen LogP contribution in [0.4, 0.5) is 0 Å². The van der Waals surface area contributed by atoms with Gasteiger partial charge in [0, 0.05) is 6.42 Å². The second-order valence-corrected chi connectivity index (χ2v) is 4.25. The topological polar surface area (TPSA) is 52.6 Å². The van der Waals surface area contributed by atoms with Crippen LogP contribution in [0.25, 0.3) is 0 Å². The van der Waals surface area contributed by atoms with Gasteiger partial charge in [-0.25, -0.2) is 0 Å². The lowest BCUT2D eigenvalue weighted by Crippen LogP contribution is -2.37. The molecule has 0 aromatic heterocycles. The van der Waals surface area contributed by atoms with Crippen LogP contribution in [-0.4, -0.2) is 25.5 Å². The first-order chi connectivity index (χ1) is 8.09. The molecule has 0 saturated carbocycles. The van der Waals surface area contributed by atoms with Crippen molar-refractivity contribution >= 4 is 11.8 Å². The van der Waals surface area contributed by atoms with Crippen molar-refractivity contribution in [3.05, 3.63) is 29.8 Å². The minimum atomic E-state index is -1.15. The lowest BCUT2D eigenvalue weighted by atomic mass is 9.80. The summed E-state index contributed by atoms with van der Waals surface area (Å²) < 4.78 is 10.2. The fourth-order valence-electron chi connectivity index (χ4n) is 1.98. The normalized spacial score (nSPS) is 23.3. The van der Waals surface area contributed by atoms with Crippen molar-refractivity contribution in [3.63, 3.8) is 0 Å². The van der Waals surface area contributed by atoms with Gasteiger partial charge in [0.25, 0.3) is 0 Å². The van der Waals surface area contributed by atoms with E-state index in [0.29, 0.717) is 24.3 Å². The second kappa shape index (κ2) is 4.20. The van der Waals surface area contributed by atoms with Crippen molar-refractivity contribution in [2.24, 2.45) is 5.41 Å². The smallest absolute Gasteiger partial charge is 0.319 e. The summed E-state index contributed by atoms with van der Waals surface area (Å²) in [5.41, 5.74) is -0.709. The van der Waals surface area contributed by atoms with Gasteiger partial charge < -0.3 is 9.47 Å². The fraction of sp³-hybridized carbons (Fsp3) is 0.385. The number of ketones is 1. The Bertz CT molecular complexity index is 466. The Hall–Kier alpha value is -1.84. The molecule has 1 unspecified atom stereocenters. The molecule has 1 aromatic carbocycles. The number of hydrogen-bond acceptors (Lipinski definition) is 4. The number of rotatable bonds is 1. The van der Waals surface area contributed by atoms with E-state index in [2.05, 4.69) is 0 Å². The van der Waals surface area contributed by atoms with Crippen molar-refractivity contribution in [3.8, 4) is 5.75 Å². The van der Waals surface area contributed by atoms with Crippen LogP contribution in [0.3, 0.4) is 0 Å². The third-order valence-electron chi connectivity index (χ3n) is 3.13. The highest BCUT2D eigenvalue weighted by Crippen LogP contribution is 2.35. The van der Waals surface area contributed by atoms with Crippen LogP contribution in [0, 0.1) is 5.41 Å². The van der Waals surface area contributed by atoms with Gasteiger partial charge in [0.1, 0.15) is 11.2 Å². The number of ether oxygens (including phenoxy) is 2. The summed E-state index contributed by atoms with van der Waals surface area (Å²) in [6.45, 7) is 1.93. The zero-order valence-corrected chi connectivity index (χ0v) is 9.86. The Balaban J connectivity index is 2.49. The monoisotopic (exact) mass is 234 g/mol. The summed E-state index contributed by atoms with van der Waals surface area (Å²) in [6.07, 6.45) is 0.327. The first-order valence-corrected chi connectivity index (χ1v) is 5.44. The van der Waals surface area contributed by atoms with E-state index in [9.17, 15) is 9.59 Å². The van der Waals surface area contributed by atoms with Crippen molar-refractivity contribution in [2.45, 2.75) is 13.3 Å². The van der Waals surface area contributed by atoms with Crippen molar-refractivity contribution in [1.29, 1.82) is 0 Å². The van der Waals surface area contributed by atoms with Crippen molar-refractivity contribution < 1.29 is 19.1 Å². The highest BCUT2D eigenvalue weighted by Gasteiger charge is 2.44.